The first-order chi connectivity index (χ1) is 23.5. The summed E-state index contributed by atoms with van der Waals surface area (Å²) >= 11 is 13.4. The van der Waals surface area contributed by atoms with E-state index in [1.807, 2.05) is 58.0 Å². The number of fused-ring (bicyclic) bond motifs is 4. The van der Waals surface area contributed by atoms with Gasteiger partial charge in [0, 0.05) is 58.4 Å². The van der Waals surface area contributed by atoms with Crippen LogP contribution in [0.3, 0.4) is 0 Å². The van der Waals surface area contributed by atoms with E-state index in [-0.39, 0.29) is 11.5 Å². The fraction of sp³-hybridized carbons (Fsp3) is 0.297. The molecule has 0 fully saturated rings. The van der Waals surface area contributed by atoms with Gasteiger partial charge in [-0.15, -0.1) is 0 Å². The number of carbonyl (C=O) groups excluding carboxylic acids is 1. The molecular weight excluding hydrogens is 663 g/mol. The van der Waals surface area contributed by atoms with Gasteiger partial charge in [-0.2, -0.15) is 10.2 Å². The van der Waals surface area contributed by atoms with Gasteiger partial charge in [-0.3, -0.25) is 14.6 Å². The van der Waals surface area contributed by atoms with Gasteiger partial charge in [-0.25, -0.2) is 4.79 Å². The number of amides is 1. The maximum Gasteiger partial charge on any atom is 0.337 e. The van der Waals surface area contributed by atoms with Crippen molar-refractivity contribution in [3.8, 4) is 16.9 Å². The number of carboxylic acids is 1. The van der Waals surface area contributed by atoms with Crippen molar-refractivity contribution >= 4 is 62.6 Å². The molecule has 1 aliphatic heterocycles. The largest absolute Gasteiger partial charge is 0.494 e. The minimum atomic E-state index is -1.08. The van der Waals surface area contributed by atoms with E-state index in [9.17, 15) is 14.7 Å². The monoisotopic (exact) mass is 698 g/mol. The first-order valence-electron chi connectivity index (χ1n) is 16.2. The van der Waals surface area contributed by atoms with Gasteiger partial charge in [-0.05, 0) is 94.0 Å². The SMILES string of the molecule is Cc1cc(OCCCc2c3n(c4c(-c5c(C)n[nH]c5C)c(Cl)ccc24)CCCN(c2cc(C(=O)O)c4c(cnn4C)c2)C3=O)cc(C)c1Cl. The number of nitrogens with zero attached hydrogens (tertiary/aromatic N) is 5. The molecule has 0 radical (unpaired) electrons. The summed E-state index contributed by atoms with van der Waals surface area (Å²) in [4.78, 5) is 28.9. The summed E-state index contributed by atoms with van der Waals surface area (Å²) in [5, 5.41) is 24.8. The van der Waals surface area contributed by atoms with E-state index in [2.05, 4.69) is 19.9 Å². The van der Waals surface area contributed by atoms with Crippen molar-refractivity contribution in [2.75, 3.05) is 18.1 Å². The number of benzene rings is 3. The lowest BCUT2D eigenvalue weighted by Crippen LogP contribution is -2.32. The Hall–Kier alpha value is -4.80. The topological polar surface area (TPSA) is 118 Å². The molecule has 4 heterocycles. The summed E-state index contributed by atoms with van der Waals surface area (Å²) in [5.74, 6) is -0.526. The van der Waals surface area contributed by atoms with Crippen LogP contribution in [0.2, 0.25) is 10.0 Å². The Kier molecular flexibility index (Phi) is 8.40. The molecule has 6 aromatic rings. The van der Waals surface area contributed by atoms with Gasteiger partial charge in [0.1, 0.15) is 11.4 Å². The predicted molar refractivity (Wildman–Crippen MR) is 193 cm³/mol. The Morgan fingerprint density at radius 2 is 1.78 bits per heavy atom. The van der Waals surface area contributed by atoms with E-state index in [4.69, 9.17) is 27.9 Å². The second-order valence-corrected chi connectivity index (χ2v) is 13.5. The second-order valence-electron chi connectivity index (χ2n) is 12.7. The van der Waals surface area contributed by atoms with Crippen molar-refractivity contribution in [1.29, 1.82) is 0 Å². The summed E-state index contributed by atoms with van der Waals surface area (Å²) in [6, 6.07) is 11.2. The highest BCUT2D eigenvalue weighted by Gasteiger charge is 2.33. The van der Waals surface area contributed by atoms with Crippen molar-refractivity contribution in [2.24, 2.45) is 7.05 Å². The van der Waals surface area contributed by atoms with Crippen LogP contribution in [0.25, 0.3) is 32.9 Å². The lowest BCUT2D eigenvalue weighted by Gasteiger charge is -2.22. The summed E-state index contributed by atoms with van der Waals surface area (Å²) in [6.07, 6.45) is 3.48. The lowest BCUT2D eigenvalue weighted by molar-refractivity contribution is 0.0698. The number of anilines is 1. The summed E-state index contributed by atoms with van der Waals surface area (Å²) in [7, 11) is 1.71. The van der Waals surface area contributed by atoms with Crippen molar-refractivity contribution < 1.29 is 19.4 Å². The molecule has 0 bridgehead atoms. The highest BCUT2D eigenvalue weighted by molar-refractivity contribution is 6.35. The lowest BCUT2D eigenvalue weighted by atomic mass is 9.98. The van der Waals surface area contributed by atoms with E-state index in [0.717, 1.165) is 60.9 Å². The zero-order chi connectivity index (χ0) is 34.7. The van der Waals surface area contributed by atoms with Gasteiger partial charge >= 0.3 is 5.97 Å². The fourth-order valence-electron chi connectivity index (χ4n) is 7.29. The van der Waals surface area contributed by atoms with E-state index in [1.54, 1.807) is 28.9 Å². The van der Waals surface area contributed by atoms with Gasteiger partial charge in [0.15, 0.2) is 0 Å². The summed E-state index contributed by atoms with van der Waals surface area (Å²) in [6.45, 7) is 9.24. The molecule has 7 rings (SSSR count). The average molecular weight is 700 g/mol. The van der Waals surface area contributed by atoms with Crippen LogP contribution >= 0.6 is 23.2 Å². The molecule has 49 heavy (non-hydrogen) atoms. The Bertz CT molecular complexity index is 2270. The van der Waals surface area contributed by atoms with Crippen LogP contribution < -0.4 is 9.64 Å². The second kappa shape index (κ2) is 12.6. The van der Waals surface area contributed by atoms with Gasteiger partial charge in [0.25, 0.3) is 5.91 Å². The van der Waals surface area contributed by atoms with Crippen LogP contribution in [-0.4, -0.2) is 54.7 Å². The zero-order valence-corrected chi connectivity index (χ0v) is 29.5. The van der Waals surface area contributed by atoms with Crippen LogP contribution in [0.1, 0.15) is 61.8 Å². The maximum atomic E-state index is 14.9. The smallest absolute Gasteiger partial charge is 0.337 e. The Morgan fingerprint density at radius 1 is 1.02 bits per heavy atom. The maximum absolute atomic E-state index is 14.9. The molecule has 2 N–H and O–H groups in total. The molecule has 0 saturated carbocycles. The Labute approximate surface area is 293 Å². The Balaban J connectivity index is 1.35. The third-order valence-electron chi connectivity index (χ3n) is 9.48. The number of aromatic amines is 1. The molecule has 10 nitrogen and oxygen atoms in total. The number of aryl methyl sites for hydroxylation is 7. The predicted octanol–water partition coefficient (Wildman–Crippen LogP) is 8.22. The molecule has 3 aromatic carbocycles. The van der Waals surface area contributed by atoms with E-state index >= 15 is 0 Å². The molecule has 1 aliphatic rings. The summed E-state index contributed by atoms with van der Waals surface area (Å²) < 4.78 is 9.82. The minimum Gasteiger partial charge on any atom is -0.494 e. The molecule has 252 valence electrons. The first-order valence-corrected chi connectivity index (χ1v) is 17.0. The number of halogens is 2. The van der Waals surface area contributed by atoms with E-state index in [1.165, 1.54) is 0 Å². The fourth-order valence-corrected chi connectivity index (χ4v) is 7.64. The van der Waals surface area contributed by atoms with Crippen molar-refractivity contribution in [2.45, 2.75) is 53.5 Å². The molecule has 3 aromatic heterocycles. The Morgan fingerprint density at radius 3 is 2.47 bits per heavy atom. The number of carbonyl (C=O) groups is 2. The van der Waals surface area contributed by atoms with Crippen molar-refractivity contribution in [3.63, 3.8) is 0 Å². The number of carboxylic acid groups (broad SMARTS) is 1. The van der Waals surface area contributed by atoms with Crippen LogP contribution in [0.5, 0.6) is 5.75 Å². The number of rotatable bonds is 8. The van der Waals surface area contributed by atoms with Crippen LogP contribution in [0.4, 0.5) is 5.69 Å². The number of hydrogen-bond donors (Lipinski definition) is 2. The van der Waals surface area contributed by atoms with E-state index in [0.29, 0.717) is 66.3 Å². The molecule has 12 heteroatoms. The van der Waals surface area contributed by atoms with E-state index < -0.39 is 5.97 Å². The zero-order valence-electron chi connectivity index (χ0n) is 27.9. The third kappa shape index (κ3) is 5.53. The number of nitrogens with one attached hydrogen (secondary N) is 1. The number of aromatic carboxylic acids is 1. The number of ether oxygens (including phenoxy) is 1. The average Bonchev–Trinajstić information content (AvgIpc) is 3.67. The quantitative estimate of drug-likeness (QED) is 0.155. The molecule has 0 atom stereocenters. The van der Waals surface area contributed by atoms with Crippen molar-refractivity contribution in [1.82, 2.24) is 24.5 Å². The van der Waals surface area contributed by atoms with Gasteiger partial charge in [0.2, 0.25) is 0 Å². The van der Waals surface area contributed by atoms with Crippen LogP contribution in [-0.2, 0) is 20.0 Å². The molecule has 0 unspecified atom stereocenters. The standard InChI is InChI=1S/C37H36Cl2N6O4/c1-19-14-25(15-20(2)32(19)39)49-13-6-8-26-27-9-10-29(38)31(30-21(3)41-42-22(30)4)34(27)45-12-7-11-44(36(46)35(26)45)24-16-23-18-40-43(5)33(23)28(17-24)37(47)48/h9-10,14-18H,6-8,11-13H2,1-5H3,(H,41,42)(H,47,48). The first kappa shape index (κ1) is 32.7. The number of hydrogen-bond acceptors (Lipinski definition) is 5. The highest BCUT2D eigenvalue weighted by Crippen LogP contribution is 2.43. The number of H-pyrrole nitrogens is 1. The third-order valence-corrected chi connectivity index (χ3v) is 10.4. The van der Waals surface area contributed by atoms with Crippen molar-refractivity contribution in [3.05, 3.63) is 92.0 Å². The van der Waals surface area contributed by atoms with Crippen LogP contribution in [0, 0.1) is 27.7 Å². The minimum absolute atomic E-state index is 0.0927. The van der Waals surface area contributed by atoms with Crippen LogP contribution in [0.15, 0.2) is 42.6 Å². The molecule has 0 saturated heterocycles. The normalized spacial score (nSPS) is 13.4. The molecule has 0 aliphatic carbocycles. The van der Waals surface area contributed by atoms with Gasteiger partial charge in [-0.1, -0.05) is 29.3 Å². The number of aromatic nitrogens is 5. The molecular formula is C37H36Cl2N6O4. The van der Waals surface area contributed by atoms with Gasteiger partial charge < -0.3 is 19.3 Å². The summed E-state index contributed by atoms with van der Waals surface area (Å²) in [5.41, 5.74) is 8.84. The van der Waals surface area contributed by atoms with Gasteiger partial charge in [0.05, 0.1) is 40.1 Å². The molecule has 1 amide bonds. The highest BCUT2D eigenvalue weighted by atomic mass is 35.5. The molecule has 0 spiro atoms.